The second kappa shape index (κ2) is 5.80. The van der Waals surface area contributed by atoms with E-state index < -0.39 is 0 Å². The van der Waals surface area contributed by atoms with Crippen molar-refractivity contribution in [3.63, 3.8) is 0 Å². The minimum Gasteiger partial charge on any atom is -0.126 e. The minimum atomic E-state index is 0.695. The van der Waals surface area contributed by atoms with E-state index in [0.29, 0.717) is 5.92 Å². The maximum Gasteiger partial charge on any atom is 0.0249 e. The van der Waals surface area contributed by atoms with E-state index in [2.05, 4.69) is 20.4 Å². The molecule has 1 saturated carbocycles. The van der Waals surface area contributed by atoms with Gasteiger partial charge in [0.25, 0.3) is 0 Å². The molecule has 0 spiro atoms. The Balaban J connectivity index is 2.19. The summed E-state index contributed by atoms with van der Waals surface area (Å²) < 4.78 is 0. The standard InChI is InChI=1S/C13H23Cl/c1-10(2)13-7-6-12(8-13)5-4-11(3)9-14/h11-13H,1,4-9H2,2-3H3. The van der Waals surface area contributed by atoms with E-state index in [1.807, 2.05) is 0 Å². The molecule has 0 amide bonds. The largest absolute Gasteiger partial charge is 0.126 e. The van der Waals surface area contributed by atoms with Gasteiger partial charge in [-0.15, -0.1) is 11.6 Å². The number of hydrogen-bond donors (Lipinski definition) is 0. The maximum absolute atomic E-state index is 5.80. The van der Waals surface area contributed by atoms with Crippen molar-refractivity contribution >= 4 is 11.6 Å². The van der Waals surface area contributed by atoms with E-state index in [1.54, 1.807) is 0 Å². The van der Waals surface area contributed by atoms with E-state index in [-0.39, 0.29) is 0 Å². The Hall–Kier alpha value is 0.0300. The lowest BCUT2D eigenvalue weighted by molar-refractivity contribution is 0.426. The molecule has 0 aromatic rings. The van der Waals surface area contributed by atoms with Crippen molar-refractivity contribution in [2.24, 2.45) is 17.8 Å². The third kappa shape index (κ3) is 3.65. The molecular formula is C13H23Cl. The summed E-state index contributed by atoms with van der Waals surface area (Å²) in [5.74, 6) is 3.27. The number of hydrogen-bond acceptors (Lipinski definition) is 0. The topological polar surface area (TPSA) is 0 Å². The summed E-state index contributed by atoms with van der Waals surface area (Å²) in [5.41, 5.74) is 1.39. The van der Waals surface area contributed by atoms with Crippen LogP contribution in [0.15, 0.2) is 12.2 Å². The Morgan fingerprint density at radius 3 is 2.71 bits per heavy atom. The molecule has 1 rings (SSSR count). The predicted octanol–water partition coefficient (Wildman–Crippen LogP) is 4.63. The maximum atomic E-state index is 5.80. The van der Waals surface area contributed by atoms with Crippen molar-refractivity contribution in [1.29, 1.82) is 0 Å². The highest BCUT2D eigenvalue weighted by Gasteiger charge is 2.24. The molecule has 0 saturated heterocycles. The molecule has 0 aliphatic heterocycles. The van der Waals surface area contributed by atoms with Gasteiger partial charge in [-0.25, -0.2) is 0 Å². The molecule has 0 heterocycles. The van der Waals surface area contributed by atoms with Crippen molar-refractivity contribution in [3.8, 4) is 0 Å². The van der Waals surface area contributed by atoms with Gasteiger partial charge in [-0.1, -0.05) is 25.5 Å². The molecule has 1 heteroatoms. The van der Waals surface area contributed by atoms with Gasteiger partial charge in [0.05, 0.1) is 0 Å². The van der Waals surface area contributed by atoms with Gasteiger partial charge >= 0.3 is 0 Å². The zero-order valence-electron chi connectivity index (χ0n) is 9.56. The van der Waals surface area contributed by atoms with Crippen molar-refractivity contribution in [2.75, 3.05) is 5.88 Å². The smallest absolute Gasteiger partial charge is 0.0249 e. The second-order valence-corrected chi connectivity index (χ2v) is 5.37. The summed E-state index contributed by atoms with van der Waals surface area (Å²) in [6.07, 6.45) is 6.83. The fraction of sp³-hybridized carbons (Fsp3) is 0.846. The average Bonchev–Trinajstić information content (AvgIpc) is 2.62. The fourth-order valence-electron chi connectivity index (χ4n) is 2.38. The van der Waals surface area contributed by atoms with Crippen LogP contribution in [0.25, 0.3) is 0 Å². The van der Waals surface area contributed by atoms with Crippen LogP contribution >= 0.6 is 11.6 Å². The molecule has 3 unspecified atom stereocenters. The Morgan fingerprint density at radius 2 is 2.21 bits per heavy atom. The molecular weight excluding hydrogens is 192 g/mol. The summed E-state index contributed by atoms with van der Waals surface area (Å²) in [6.45, 7) is 8.49. The van der Waals surface area contributed by atoms with Crippen molar-refractivity contribution in [3.05, 3.63) is 12.2 Å². The highest BCUT2D eigenvalue weighted by molar-refractivity contribution is 6.18. The summed E-state index contributed by atoms with van der Waals surface area (Å²) in [7, 11) is 0. The summed E-state index contributed by atoms with van der Waals surface area (Å²) in [5, 5.41) is 0. The number of alkyl halides is 1. The minimum absolute atomic E-state index is 0.695. The van der Waals surface area contributed by atoms with Gasteiger partial charge in [0, 0.05) is 5.88 Å². The molecule has 0 nitrogen and oxygen atoms in total. The van der Waals surface area contributed by atoms with Crippen LogP contribution in [-0.4, -0.2) is 5.88 Å². The van der Waals surface area contributed by atoms with Crippen LogP contribution in [0, 0.1) is 17.8 Å². The predicted molar refractivity (Wildman–Crippen MR) is 64.8 cm³/mol. The normalized spacial score (nSPS) is 29.1. The number of allylic oxidation sites excluding steroid dienone is 1. The summed E-state index contributed by atoms with van der Waals surface area (Å²) in [4.78, 5) is 0. The van der Waals surface area contributed by atoms with Crippen LogP contribution in [0.2, 0.25) is 0 Å². The molecule has 14 heavy (non-hydrogen) atoms. The van der Waals surface area contributed by atoms with E-state index in [0.717, 1.165) is 17.7 Å². The first-order chi connectivity index (χ1) is 6.63. The third-order valence-corrected chi connectivity index (χ3v) is 4.10. The third-order valence-electron chi connectivity index (χ3n) is 3.57. The molecule has 1 fully saturated rings. The van der Waals surface area contributed by atoms with Crippen LogP contribution in [0.1, 0.15) is 46.0 Å². The Bertz CT molecular complexity index is 186. The fourth-order valence-corrected chi connectivity index (χ4v) is 2.54. The van der Waals surface area contributed by atoms with Crippen LogP contribution in [-0.2, 0) is 0 Å². The second-order valence-electron chi connectivity index (χ2n) is 5.06. The monoisotopic (exact) mass is 214 g/mol. The van der Waals surface area contributed by atoms with Crippen LogP contribution in [0.3, 0.4) is 0 Å². The van der Waals surface area contributed by atoms with E-state index >= 15 is 0 Å². The molecule has 82 valence electrons. The molecule has 0 aromatic carbocycles. The van der Waals surface area contributed by atoms with Crippen molar-refractivity contribution in [2.45, 2.75) is 46.0 Å². The summed E-state index contributed by atoms with van der Waals surface area (Å²) in [6, 6.07) is 0. The lowest BCUT2D eigenvalue weighted by atomic mass is 9.94. The lowest BCUT2D eigenvalue weighted by Gasteiger charge is -2.13. The Morgan fingerprint density at radius 1 is 1.50 bits per heavy atom. The first kappa shape index (κ1) is 12.1. The van der Waals surface area contributed by atoms with E-state index in [4.69, 9.17) is 11.6 Å². The zero-order valence-corrected chi connectivity index (χ0v) is 10.3. The summed E-state index contributed by atoms with van der Waals surface area (Å²) >= 11 is 5.80. The highest BCUT2D eigenvalue weighted by atomic mass is 35.5. The van der Waals surface area contributed by atoms with Gasteiger partial charge < -0.3 is 0 Å². The molecule has 1 aliphatic carbocycles. The number of rotatable bonds is 5. The van der Waals surface area contributed by atoms with Gasteiger partial charge in [-0.3, -0.25) is 0 Å². The van der Waals surface area contributed by atoms with E-state index in [9.17, 15) is 0 Å². The Labute approximate surface area is 93.7 Å². The van der Waals surface area contributed by atoms with Gasteiger partial charge in [0.1, 0.15) is 0 Å². The first-order valence-corrected chi connectivity index (χ1v) is 6.38. The Kier molecular flexibility index (Phi) is 5.01. The molecule has 0 aromatic heterocycles. The highest BCUT2D eigenvalue weighted by Crippen LogP contribution is 2.37. The molecule has 3 atom stereocenters. The van der Waals surface area contributed by atoms with Crippen LogP contribution in [0.5, 0.6) is 0 Å². The van der Waals surface area contributed by atoms with Crippen LogP contribution < -0.4 is 0 Å². The van der Waals surface area contributed by atoms with Crippen molar-refractivity contribution in [1.82, 2.24) is 0 Å². The van der Waals surface area contributed by atoms with Crippen LogP contribution in [0.4, 0.5) is 0 Å². The van der Waals surface area contributed by atoms with Gasteiger partial charge in [-0.05, 0) is 50.4 Å². The average molecular weight is 215 g/mol. The van der Waals surface area contributed by atoms with Gasteiger partial charge in [0.2, 0.25) is 0 Å². The molecule has 0 bridgehead atoms. The van der Waals surface area contributed by atoms with E-state index in [1.165, 1.54) is 37.7 Å². The molecule has 0 radical (unpaired) electrons. The number of halogens is 1. The quantitative estimate of drug-likeness (QED) is 0.462. The first-order valence-electron chi connectivity index (χ1n) is 5.84. The SMILES string of the molecule is C=C(C)C1CCC(CCC(C)CCl)C1. The van der Waals surface area contributed by atoms with Gasteiger partial charge in [0.15, 0.2) is 0 Å². The van der Waals surface area contributed by atoms with Crippen molar-refractivity contribution < 1.29 is 0 Å². The molecule has 1 aliphatic rings. The van der Waals surface area contributed by atoms with Gasteiger partial charge in [-0.2, -0.15) is 0 Å². The zero-order chi connectivity index (χ0) is 10.6. The molecule has 0 N–H and O–H groups in total. The lowest BCUT2D eigenvalue weighted by Crippen LogP contribution is -2.02.